The lowest BCUT2D eigenvalue weighted by Crippen LogP contribution is -2.49. The highest BCUT2D eigenvalue weighted by molar-refractivity contribution is 5.87. The second-order valence-corrected chi connectivity index (χ2v) is 5.00. The van der Waals surface area contributed by atoms with Crippen molar-refractivity contribution < 1.29 is 19.8 Å². The number of hydrogen-bond acceptors (Lipinski definition) is 4. The van der Waals surface area contributed by atoms with Crippen molar-refractivity contribution in [2.75, 3.05) is 13.2 Å². The van der Waals surface area contributed by atoms with Gasteiger partial charge in [-0.05, 0) is 31.4 Å². The normalized spacial score (nSPS) is 14.3. The summed E-state index contributed by atoms with van der Waals surface area (Å²) in [7, 11) is 0. The predicted molar refractivity (Wildman–Crippen MR) is 74.9 cm³/mol. The van der Waals surface area contributed by atoms with E-state index >= 15 is 0 Å². The Morgan fingerprint density at radius 1 is 1.43 bits per heavy atom. The van der Waals surface area contributed by atoms with Crippen molar-refractivity contribution in [3.63, 3.8) is 0 Å². The highest BCUT2D eigenvalue weighted by Gasteiger charge is 2.28. The fraction of sp³-hybridized carbons (Fsp3) is 0.500. The summed E-state index contributed by atoms with van der Waals surface area (Å²) in [6, 6.07) is 2.77. The fourth-order valence-corrected chi connectivity index (χ4v) is 2.23. The molecule has 21 heavy (non-hydrogen) atoms. The number of pyridine rings is 1. The molecule has 1 heterocycles. The largest absolute Gasteiger partial charge is 0.478 e. The van der Waals surface area contributed by atoms with Crippen LogP contribution in [0, 0.1) is 0 Å². The highest BCUT2D eigenvalue weighted by atomic mass is 16.4. The van der Waals surface area contributed by atoms with Crippen LogP contribution in [0.5, 0.6) is 0 Å². The van der Waals surface area contributed by atoms with E-state index in [2.05, 4.69) is 10.3 Å². The summed E-state index contributed by atoms with van der Waals surface area (Å²) in [5.74, 6) is -1.03. The van der Waals surface area contributed by atoms with Crippen LogP contribution in [-0.4, -0.2) is 51.3 Å². The lowest BCUT2D eigenvalue weighted by atomic mass is 9.92. The molecule has 0 spiro atoms. The third-order valence-corrected chi connectivity index (χ3v) is 3.60. The topological polar surface area (TPSA) is 103 Å². The minimum absolute atomic E-state index is 0.0727. The molecule has 0 bridgehead atoms. The maximum absolute atomic E-state index is 12.1. The first-order valence-electron chi connectivity index (χ1n) is 6.95. The first-order valence-corrected chi connectivity index (χ1v) is 6.95. The number of aliphatic hydroxyl groups is 1. The second-order valence-electron chi connectivity index (χ2n) is 5.00. The molecule has 7 nitrogen and oxygen atoms in total. The molecule has 1 aromatic rings. The number of nitrogens with one attached hydrogen (secondary N) is 1. The number of aromatic nitrogens is 1. The number of carbonyl (C=O) groups is 2. The summed E-state index contributed by atoms with van der Waals surface area (Å²) in [5, 5.41) is 20.7. The van der Waals surface area contributed by atoms with Crippen molar-refractivity contribution in [3.8, 4) is 0 Å². The number of aromatic carboxylic acids is 1. The molecule has 7 heteroatoms. The molecule has 2 amide bonds. The van der Waals surface area contributed by atoms with Crippen LogP contribution >= 0.6 is 0 Å². The second kappa shape index (κ2) is 7.03. The summed E-state index contributed by atoms with van der Waals surface area (Å²) < 4.78 is 0. The quantitative estimate of drug-likeness (QED) is 0.721. The van der Waals surface area contributed by atoms with Gasteiger partial charge in [-0.3, -0.25) is 4.98 Å². The predicted octanol–water partition coefficient (Wildman–Crippen LogP) is 0.836. The number of hydrogen-bond donors (Lipinski definition) is 3. The molecule has 1 aliphatic carbocycles. The van der Waals surface area contributed by atoms with Gasteiger partial charge in [0.1, 0.15) is 0 Å². The molecule has 0 unspecified atom stereocenters. The molecule has 1 aromatic heterocycles. The smallest absolute Gasteiger partial charge is 0.335 e. The lowest BCUT2D eigenvalue weighted by Gasteiger charge is -2.37. The standard InChI is InChI=1S/C14H19N3O4/c18-7-6-17(12-2-1-3-12)14(21)16-9-11-8-10(13(19)20)4-5-15-11/h4-5,8,12,18H,1-3,6-7,9H2,(H,16,21)(H,19,20). The molecular formula is C14H19N3O4. The van der Waals surface area contributed by atoms with Crippen LogP contribution in [0.1, 0.15) is 35.3 Å². The molecule has 1 saturated carbocycles. The monoisotopic (exact) mass is 293 g/mol. The summed E-state index contributed by atoms with van der Waals surface area (Å²) >= 11 is 0. The van der Waals surface area contributed by atoms with Crippen LogP contribution in [0.15, 0.2) is 18.3 Å². The molecule has 0 radical (unpaired) electrons. The zero-order valence-electron chi connectivity index (χ0n) is 11.7. The van der Waals surface area contributed by atoms with Gasteiger partial charge in [-0.2, -0.15) is 0 Å². The molecule has 114 valence electrons. The molecule has 2 rings (SSSR count). The van der Waals surface area contributed by atoms with Crippen LogP contribution in [0.25, 0.3) is 0 Å². The van der Waals surface area contributed by atoms with Crippen LogP contribution in [-0.2, 0) is 6.54 Å². The van der Waals surface area contributed by atoms with E-state index in [4.69, 9.17) is 10.2 Å². The van der Waals surface area contributed by atoms with E-state index in [0.29, 0.717) is 12.2 Å². The van der Waals surface area contributed by atoms with Gasteiger partial charge in [0.2, 0.25) is 0 Å². The Bertz CT molecular complexity index is 517. The van der Waals surface area contributed by atoms with Gasteiger partial charge < -0.3 is 20.4 Å². The van der Waals surface area contributed by atoms with E-state index in [0.717, 1.165) is 19.3 Å². The van der Waals surface area contributed by atoms with Gasteiger partial charge >= 0.3 is 12.0 Å². The van der Waals surface area contributed by atoms with E-state index in [1.165, 1.54) is 18.3 Å². The number of carbonyl (C=O) groups excluding carboxylic acids is 1. The Labute approximate surface area is 122 Å². The van der Waals surface area contributed by atoms with Crippen molar-refractivity contribution in [2.45, 2.75) is 31.8 Å². The van der Waals surface area contributed by atoms with Gasteiger partial charge in [-0.15, -0.1) is 0 Å². The van der Waals surface area contributed by atoms with Crippen LogP contribution in [0.3, 0.4) is 0 Å². The summed E-state index contributed by atoms with van der Waals surface area (Å²) in [5.41, 5.74) is 0.626. The maximum Gasteiger partial charge on any atom is 0.335 e. The van der Waals surface area contributed by atoms with E-state index in [1.807, 2.05) is 0 Å². The van der Waals surface area contributed by atoms with Crippen LogP contribution in [0.2, 0.25) is 0 Å². The molecule has 1 aliphatic rings. The highest BCUT2D eigenvalue weighted by Crippen LogP contribution is 2.24. The average Bonchev–Trinajstić information content (AvgIpc) is 2.42. The Morgan fingerprint density at radius 3 is 2.76 bits per heavy atom. The Hall–Kier alpha value is -2.15. The first kappa shape index (κ1) is 15.2. The van der Waals surface area contributed by atoms with E-state index in [1.54, 1.807) is 4.90 Å². The SMILES string of the molecule is O=C(O)c1ccnc(CNC(=O)N(CCO)C2CCC2)c1. The van der Waals surface area contributed by atoms with Gasteiger partial charge in [0, 0.05) is 18.8 Å². The van der Waals surface area contributed by atoms with E-state index < -0.39 is 5.97 Å². The summed E-state index contributed by atoms with van der Waals surface area (Å²) in [4.78, 5) is 28.7. The zero-order chi connectivity index (χ0) is 15.2. The molecular weight excluding hydrogens is 274 g/mol. The number of carboxylic acid groups (broad SMARTS) is 1. The Morgan fingerprint density at radius 2 is 2.19 bits per heavy atom. The third kappa shape index (κ3) is 3.91. The van der Waals surface area contributed by atoms with Gasteiger partial charge in [0.15, 0.2) is 0 Å². The third-order valence-electron chi connectivity index (χ3n) is 3.60. The number of rotatable bonds is 6. The van der Waals surface area contributed by atoms with Gasteiger partial charge in [0.05, 0.1) is 24.4 Å². The molecule has 3 N–H and O–H groups in total. The Balaban J connectivity index is 1.92. The van der Waals surface area contributed by atoms with Crippen molar-refractivity contribution in [3.05, 3.63) is 29.6 Å². The number of amides is 2. The van der Waals surface area contributed by atoms with Crippen molar-refractivity contribution in [1.82, 2.24) is 15.2 Å². The first-order chi connectivity index (χ1) is 10.1. The molecule has 1 fully saturated rings. The number of urea groups is 1. The van der Waals surface area contributed by atoms with Crippen LogP contribution in [0.4, 0.5) is 4.79 Å². The zero-order valence-corrected chi connectivity index (χ0v) is 11.7. The Kier molecular flexibility index (Phi) is 5.10. The molecule has 0 saturated heterocycles. The van der Waals surface area contributed by atoms with Crippen LogP contribution < -0.4 is 5.32 Å². The van der Waals surface area contributed by atoms with E-state index in [9.17, 15) is 9.59 Å². The summed E-state index contributed by atoms with van der Waals surface area (Å²) in [6.45, 7) is 0.393. The van der Waals surface area contributed by atoms with Gasteiger partial charge in [-0.1, -0.05) is 0 Å². The average molecular weight is 293 g/mol. The minimum atomic E-state index is -1.03. The van der Waals surface area contributed by atoms with Gasteiger partial charge in [-0.25, -0.2) is 9.59 Å². The van der Waals surface area contributed by atoms with Crippen molar-refractivity contribution in [1.29, 1.82) is 0 Å². The number of carboxylic acids is 1. The maximum atomic E-state index is 12.1. The summed E-state index contributed by atoms with van der Waals surface area (Å²) in [6.07, 6.45) is 4.42. The number of nitrogens with zero attached hydrogens (tertiary/aromatic N) is 2. The minimum Gasteiger partial charge on any atom is -0.478 e. The molecule has 0 aliphatic heterocycles. The lowest BCUT2D eigenvalue weighted by molar-refractivity contribution is 0.0696. The van der Waals surface area contributed by atoms with Crippen molar-refractivity contribution in [2.24, 2.45) is 0 Å². The van der Waals surface area contributed by atoms with Crippen molar-refractivity contribution >= 4 is 12.0 Å². The fourth-order valence-electron chi connectivity index (χ4n) is 2.23. The van der Waals surface area contributed by atoms with Gasteiger partial charge in [0.25, 0.3) is 0 Å². The molecule has 0 aromatic carbocycles. The van der Waals surface area contributed by atoms with E-state index in [-0.39, 0.29) is 30.8 Å². The molecule has 0 atom stereocenters. The number of aliphatic hydroxyl groups excluding tert-OH is 1.